The molecule has 0 saturated carbocycles. The first kappa shape index (κ1) is 12.7. The van der Waals surface area contributed by atoms with E-state index in [1.807, 2.05) is 20.8 Å². The summed E-state index contributed by atoms with van der Waals surface area (Å²) in [5.41, 5.74) is -0.247. The fourth-order valence-electron chi connectivity index (χ4n) is 1.79. The number of carbonyl (C=O) groups excluding carboxylic acids is 1. The average molecular weight is 212 g/mol. The van der Waals surface area contributed by atoms with Gasteiger partial charge in [0, 0.05) is 5.41 Å². The van der Waals surface area contributed by atoms with Crippen LogP contribution in [0.1, 0.15) is 59.8 Å². The summed E-state index contributed by atoms with van der Waals surface area (Å²) >= 11 is 0. The summed E-state index contributed by atoms with van der Waals surface area (Å²) in [5, 5.41) is 0. The van der Waals surface area contributed by atoms with E-state index in [9.17, 15) is 4.79 Å². The van der Waals surface area contributed by atoms with Gasteiger partial charge in [0.2, 0.25) is 0 Å². The van der Waals surface area contributed by atoms with Crippen molar-refractivity contribution >= 4 is 5.78 Å². The molecule has 1 saturated heterocycles. The maximum absolute atomic E-state index is 11.8. The number of unbranched alkanes of at least 4 members (excludes halogenated alkanes) is 3. The minimum absolute atomic E-state index is 0.0911. The third kappa shape index (κ3) is 3.94. The van der Waals surface area contributed by atoms with Gasteiger partial charge >= 0.3 is 0 Å². The van der Waals surface area contributed by atoms with Crippen molar-refractivity contribution in [1.29, 1.82) is 0 Å². The Kier molecular flexibility index (Phi) is 4.32. The molecule has 0 unspecified atom stereocenters. The second-order valence-electron chi connectivity index (χ2n) is 5.56. The van der Waals surface area contributed by atoms with Crippen molar-refractivity contribution in [3.8, 4) is 0 Å². The molecule has 2 atom stereocenters. The molecule has 2 heteroatoms. The lowest BCUT2D eigenvalue weighted by Crippen LogP contribution is -2.26. The van der Waals surface area contributed by atoms with Crippen LogP contribution in [0.15, 0.2) is 0 Å². The summed E-state index contributed by atoms with van der Waals surface area (Å²) in [6.45, 7) is 8.10. The molecule has 0 spiro atoms. The maximum Gasteiger partial charge on any atom is 0.169 e. The van der Waals surface area contributed by atoms with Crippen molar-refractivity contribution in [3.05, 3.63) is 0 Å². The molecule has 0 aromatic carbocycles. The largest absolute Gasteiger partial charge is 0.361 e. The molecule has 0 aromatic heterocycles. The Bertz CT molecular complexity index is 215. The zero-order valence-electron chi connectivity index (χ0n) is 10.5. The SMILES string of the molecule is CCCCCC[C@@H]1O[C@H]1C(=O)C(C)(C)C. The Morgan fingerprint density at radius 1 is 1.20 bits per heavy atom. The lowest BCUT2D eigenvalue weighted by molar-refractivity contribution is -0.127. The summed E-state index contributed by atoms with van der Waals surface area (Å²) < 4.78 is 5.44. The van der Waals surface area contributed by atoms with Gasteiger partial charge < -0.3 is 4.74 Å². The quantitative estimate of drug-likeness (QED) is 0.499. The van der Waals surface area contributed by atoms with Crippen LogP contribution in [0.3, 0.4) is 0 Å². The van der Waals surface area contributed by atoms with Gasteiger partial charge in [-0.15, -0.1) is 0 Å². The predicted octanol–water partition coefficient (Wildman–Crippen LogP) is 3.34. The van der Waals surface area contributed by atoms with E-state index in [0.29, 0.717) is 0 Å². The first-order valence-electron chi connectivity index (χ1n) is 6.16. The van der Waals surface area contributed by atoms with Gasteiger partial charge in [0.1, 0.15) is 6.10 Å². The predicted molar refractivity (Wildman–Crippen MR) is 61.9 cm³/mol. The highest BCUT2D eigenvalue weighted by Crippen LogP contribution is 2.33. The van der Waals surface area contributed by atoms with E-state index in [1.165, 1.54) is 25.7 Å². The zero-order valence-corrected chi connectivity index (χ0v) is 10.5. The average Bonchev–Trinajstić information content (AvgIpc) is 2.89. The second kappa shape index (κ2) is 5.11. The van der Waals surface area contributed by atoms with E-state index in [4.69, 9.17) is 4.74 Å². The molecular weight excluding hydrogens is 188 g/mol. The Labute approximate surface area is 93.4 Å². The molecule has 0 bridgehead atoms. The number of hydrogen-bond donors (Lipinski definition) is 0. The van der Waals surface area contributed by atoms with E-state index >= 15 is 0 Å². The summed E-state index contributed by atoms with van der Waals surface area (Å²) in [7, 11) is 0. The number of ketones is 1. The van der Waals surface area contributed by atoms with Crippen molar-refractivity contribution < 1.29 is 9.53 Å². The van der Waals surface area contributed by atoms with E-state index in [-0.39, 0.29) is 23.4 Å². The zero-order chi connectivity index (χ0) is 11.5. The molecule has 88 valence electrons. The van der Waals surface area contributed by atoms with Crippen LogP contribution < -0.4 is 0 Å². The smallest absolute Gasteiger partial charge is 0.169 e. The molecule has 1 aliphatic heterocycles. The molecule has 0 amide bonds. The van der Waals surface area contributed by atoms with Crippen LogP contribution in [0, 0.1) is 5.41 Å². The fourth-order valence-corrected chi connectivity index (χ4v) is 1.79. The van der Waals surface area contributed by atoms with E-state index in [2.05, 4.69) is 6.92 Å². The number of Topliss-reactive ketones (excluding diaryl/α,β-unsaturated/α-hetero) is 1. The highest BCUT2D eigenvalue weighted by atomic mass is 16.6. The van der Waals surface area contributed by atoms with Crippen LogP contribution in [-0.4, -0.2) is 18.0 Å². The standard InChI is InChI=1S/C13H24O2/c1-5-6-7-8-9-10-11(15-10)12(14)13(2,3)4/h10-11H,5-9H2,1-4H3/t10-,11+/m0/s1. The maximum atomic E-state index is 11.8. The van der Waals surface area contributed by atoms with Gasteiger partial charge in [-0.2, -0.15) is 0 Å². The van der Waals surface area contributed by atoms with Gasteiger partial charge in [0.25, 0.3) is 0 Å². The monoisotopic (exact) mass is 212 g/mol. The minimum atomic E-state index is -0.247. The molecule has 0 aromatic rings. The number of rotatable bonds is 6. The van der Waals surface area contributed by atoms with Gasteiger partial charge in [0.05, 0.1) is 6.10 Å². The molecular formula is C13H24O2. The molecule has 1 fully saturated rings. The first-order chi connectivity index (χ1) is 6.96. The number of epoxide rings is 1. The topological polar surface area (TPSA) is 29.6 Å². The van der Waals surface area contributed by atoms with Crippen LogP contribution in [0.5, 0.6) is 0 Å². The lowest BCUT2D eigenvalue weighted by Gasteiger charge is -2.14. The van der Waals surface area contributed by atoms with Crippen molar-refractivity contribution in [2.75, 3.05) is 0 Å². The van der Waals surface area contributed by atoms with Crippen LogP contribution in [-0.2, 0) is 9.53 Å². The van der Waals surface area contributed by atoms with Gasteiger partial charge in [-0.05, 0) is 6.42 Å². The molecule has 1 aliphatic rings. The number of hydrogen-bond acceptors (Lipinski definition) is 2. The summed E-state index contributed by atoms with van der Waals surface area (Å²) in [4.78, 5) is 11.8. The number of ether oxygens (including phenoxy) is 1. The molecule has 2 nitrogen and oxygen atoms in total. The third-order valence-corrected chi connectivity index (χ3v) is 2.92. The molecule has 15 heavy (non-hydrogen) atoms. The first-order valence-corrected chi connectivity index (χ1v) is 6.16. The molecule has 1 heterocycles. The van der Waals surface area contributed by atoms with E-state index in [1.54, 1.807) is 0 Å². The summed E-state index contributed by atoms with van der Waals surface area (Å²) in [6, 6.07) is 0. The van der Waals surface area contributed by atoms with Crippen LogP contribution in [0.4, 0.5) is 0 Å². The molecule has 0 N–H and O–H groups in total. The minimum Gasteiger partial charge on any atom is -0.361 e. The molecule has 0 aliphatic carbocycles. The summed E-state index contributed by atoms with van der Waals surface area (Å²) in [5.74, 6) is 0.267. The summed E-state index contributed by atoms with van der Waals surface area (Å²) in [6.07, 6.45) is 6.23. The van der Waals surface area contributed by atoms with Crippen molar-refractivity contribution in [2.45, 2.75) is 72.0 Å². The third-order valence-electron chi connectivity index (χ3n) is 2.92. The molecule has 0 radical (unpaired) electrons. The Hall–Kier alpha value is -0.370. The molecule has 1 rings (SSSR count). The van der Waals surface area contributed by atoms with E-state index in [0.717, 1.165) is 6.42 Å². The Morgan fingerprint density at radius 3 is 2.40 bits per heavy atom. The van der Waals surface area contributed by atoms with Crippen molar-refractivity contribution in [1.82, 2.24) is 0 Å². The Balaban J connectivity index is 2.15. The lowest BCUT2D eigenvalue weighted by atomic mass is 9.87. The van der Waals surface area contributed by atoms with Gasteiger partial charge in [0.15, 0.2) is 5.78 Å². The van der Waals surface area contributed by atoms with Gasteiger partial charge in [-0.1, -0.05) is 53.4 Å². The van der Waals surface area contributed by atoms with Gasteiger partial charge in [-0.3, -0.25) is 4.79 Å². The van der Waals surface area contributed by atoms with Gasteiger partial charge in [-0.25, -0.2) is 0 Å². The Morgan fingerprint density at radius 2 is 1.87 bits per heavy atom. The number of carbonyl (C=O) groups is 1. The normalized spacial score (nSPS) is 25.3. The van der Waals surface area contributed by atoms with Crippen LogP contribution in [0.2, 0.25) is 0 Å². The second-order valence-corrected chi connectivity index (χ2v) is 5.56. The highest BCUT2D eigenvalue weighted by molar-refractivity contribution is 5.90. The van der Waals surface area contributed by atoms with Crippen molar-refractivity contribution in [2.24, 2.45) is 5.41 Å². The fraction of sp³-hybridized carbons (Fsp3) is 0.923. The van der Waals surface area contributed by atoms with Crippen molar-refractivity contribution in [3.63, 3.8) is 0 Å². The van der Waals surface area contributed by atoms with Crippen LogP contribution >= 0.6 is 0 Å². The van der Waals surface area contributed by atoms with E-state index < -0.39 is 0 Å². The van der Waals surface area contributed by atoms with Crippen LogP contribution in [0.25, 0.3) is 0 Å². The highest BCUT2D eigenvalue weighted by Gasteiger charge is 2.47.